The maximum absolute atomic E-state index is 13.5. The highest BCUT2D eigenvalue weighted by atomic mass is 19.1. The fraction of sp³-hybridized carbons (Fsp3) is 0.500. The number of nitro benzene ring substituents is 1. The van der Waals surface area contributed by atoms with Crippen molar-refractivity contribution >= 4 is 5.69 Å². The van der Waals surface area contributed by atoms with E-state index < -0.39 is 16.4 Å². The molecular weight excluding hydrogens is 239 g/mol. The fourth-order valence-corrected chi connectivity index (χ4v) is 2.74. The van der Waals surface area contributed by atoms with Crippen LogP contribution in [0.5, 0.6) is 5.75 Å². The first-order chi connectivity index (χ1) is 8.60. The first-order valence-electron chi connectivity index (χ1n) is 5.96. The van der Waals surface area contributed by atoms with Crippen molar-refractivity contribution in [2.45, 2.75) is 24.9 Å². The molecule has 1 aromatic rings. The van der Waals surface area contributed by atoms with Crippen LogP contribution in [-0.2, 0) is 6.42 Å². The van der Waals surface area contributed by atoms with Crippen molar-refractivity contribution in [1.29, 1.82) is 0 Å². The molecule has 0 amide bonds. The molecule has 1 fully saturated rings. The molecule has 0 aliphatic carbocycles. The molecule has 2 aliphatic heterocycles. The van der Waals surface area contributed by atoms with Crippen LogP contribution >= 0.6 is 0 Å². The van der Waals surface area contributed by atoms with Crippen LogP contribution in [0.1, 0.15) is 18.4 Å². The van der Waals surface area contributed by atoms with Crippen LogP contribution in [-0.4, -0.2) is 23.6 Å². The van der Waals surface area contributed by atoms with E-state index in [9.17, 15) is 14.5 Å². The molecule has 2 aliphatic rings. The number of fused-ring (bicyclic) bond motifs is 1. The van der Waals surface area contributed by atoms with Gasteiger partial charge in [0.1, 0.15) is 11.4 Å². The smallest absolute Gasteiger partial charge is 0.305 e. The molecule has 18 heavy (non-hydrogen) atoms. The van der Waals surface area contributed by atoms with Crippen molar-refractivity contribution in [2.75, 3.05) is 13.1 Å². The van der Waals surface area contributed by atoms with Crippen LogP contribution in [0, 0.1) is 15.9 Å². The van der Waals surface area contributed by atoms with Gasteiger partial charge in [-0.2, -0.15) is 4.39 Å². The van der Waals surface area contributed by atoms with Gasteiger partial charge in [-0.1, -0.05) is 0 Å². The minimum absolute atomic E-state index is 0.296. The van der Waals surface area contributed by atoms with E-state index in [1.165, 1.54) is 6.07 Å². The number of nitro groups is 1. The van der Waals surface area contributed by atoms with Gasteiger partial charge in [0.15, 0.2) is 0 Å². The highest BCUT2D eigenvalue weighted by Gasteiger charge is 2.41. The Balaban J connectivity index is 1.95. The number of rotatable bonds is 1. The molecule has 0 radical (unpaired) electrons. The lowest BCUT2D eigenvalue weighted by molar-refractivity contribution is -0.387. The van der Waals surface area contributed by atoms with E-state index in [2.05, 4.69) is 5.32 Å². The monoisotopic (exact) mass is 252 g/mol. The van der Waals surface area contributed by atoms with Gasteiger partial charge in [-0.3, -0.25) is 10.1 Å². The first kappa shape index (κ1) is 11.4. The highest BCUT2D eigenvalue weighted by Crippen LogP contribution is 2.42. The second kappa shape index (κ2) is 3.91. The molecule has 1 spiro atoms. The van der Waals surface area contributed by atoms with Crippen LogP contribution in [0.4, 0.5) is 10.1 Å². The third-order valence-corrected chi connectivity index (χ3v) is 3.68. The van der Waals surface area contributed by atoms with E-state index in [0.717, 1.165) is 37.6 Å². The second-order valence-electron chi connectivity index (χ2n) is 4.88. The molecule has 1 aromatic carbocycles. The van der Waals surface area contributed by atoms with Crippen LogP contribution in [0.25, 0.3) is 0 Å². The third kappa shape index (κ3) is 1.73. The number of ether oxygens (including phenoxy) is 1. The Morgan fingerprint density at radius 2 is 2.11 bits per heavy atom. The summed E-state index contributed by atoms with van der Waals surface area (Å²) in [6.45, 7) is 1.72. The zero-order valence-electron chi connectivity index (χ0n) is 9.74. The van der Waals surface area contributed by atoms with Gasteiger partial charge in [0.2, 0.25) is 5.82 Å². The summed E-state index contributed by atoms with van der Waals surface area (Å²) in [7, 11) is 0. The Bertz CT molecular complexity index is 512. The Hall–Kier alpha value is -1.69. The fourth-order valence-electron chi connectivity index (χ4n) is 2.74. The Labute approximate surface area is 103 Å². The van der Waals surface area contributed by atoms with Crippen LogP contribution in [0.3, 0.4) is 0 Å². The van der Waals surface area contributed by atoms with Crippen LogP contribution in [0.15, 0.2) is 12.1 Å². The van der Waals surface area contributed by atoms with Crippen molar-refractivity contribution in [1.82, 2.24) is 5.32 Å². The molecule has 3 rings (SSSR count). The molecule has 5 nitrogen and oxygen atoms in total. The van der Waals surface area contributed by atoms with Gasteiger partial charge in [0.25, 0.3) is 0 Å². The standard InChI is InChI=1S/C12H13FN2O3/c13-9-6-11-8(5-10(9)15(16)17)7-12(18-11)1-3-14-4-2-12/h5-6,14H,1-4,7H2. The lowest BCUT2D eigenvalue weighted by atomic mass is 9.88. The van der Waals surface area contributed by atoms with E-state index in [1.54, 1.807) is 0 Å². The number of hydrogen-bond donors (Lipinski definition) is 1. The minimum atomic E-state index is -0.829. The van der Waals surface area contributed by atoms with Crippen molar-refractivity contribution in [2.24, 2.45) is 0 Å². The molecule has 6 heteroatoms. The summed E-state index contributed by atoms with van der Waals surface area (Å²) in [5.74, 6) is -0.371. The van der Waals surface area contributed by atoms with Crippen LogP contribution < -0.4 is 10.1 Å². The van der Waals surface area contributed by atoms with Gasteiger partial charge in [0.05, 0.1) is 4.92 Å². The van der Waals surface area contributed by atoms with Gasteiger partial charge in [0, 0.05) is 24.1 Å². The number of nitrogens with one attached hydrogen (secondary N) is 1. The molecule has 2 heterocycles. The molecular formula is C12H13FN2O3. The predicted octanol–water partition coefficient (Wildman–Crippen LogP) is 1.79. The minimum Gasteiger partial charge on any atom is -0.486 e. The summed E-state index contributed by atoms with van der Waals surface area (Å²) >= 11 is 0. The number of hydrogen-bond acceptors (Lipinski definition) is 4. The van der Waals surface area contributed by atoms with Crippen LogP contribution in [0.2, 0.25) is 0 Å². The molecule has 0 atom stereocenters. The number of halogens is 1. The van der Waals surface area contributed by atoms with Crippen molar-refractivity contribution < 1.29 is 14.1 Å². The summed E-state index contributed by atoms with van der Waals surface area (Å²) < 4.78 is 19.4. The van der Waals surface area contributed by atoms with E-state index >= 15 is 0 Å². The number of nitrogens with zero attached hydrogens (tertiary/aromatic N) is 1. The molecule has 0 saturated carbocycles. The van der Waals surface area contributed by atoms with E-state index in [1.807, 2.05) is 0 Å². The molecule has 1 N–H and O–H groups in total. The van der Waals surface area contributed by atoms with Gasteiger partial charge < -0.3 is 10.1 Å². The third-order valence-electron chi connectivity index (χ3n) is 3.68. The normalized spacial score (nSPS) is 20.5. The lowest BCUT2D eigenvalue weighted by Gasteiger charge is -2.33. The van der Waals surface area contributed by atoms with E-state index in [0.29, 0.717) is 12.2 Å². The van der Waals surface area contributed by atoms with E-state index in [-0.39, 0.29) is 5.60 Å². The van der Waals surface area contributed by atoms with Gasteiger partial charge in [-0.25, -0.2) is 0 Å². The maximum Gasteiger partial charge on any atom is 0.305 e. The summed E-state index contributed by atoms with van der Waals surface area (Å²) in [5, 5.41) is 13.9. The predicted molar refractivity (Wildman–Crippen MR) is 62.2 cm³/mol. The molecule has 0 bridgehead atoms. The first-order valence-corrected chi connectivity index (χ1v) is 5.96. The van der Waals surface area contributed by atoms with Gasteiger partial charge in [-0.05, 0) is 25.9 Å². The zero-order valence-corrected chi connectivity index (χ0v) is 9.74. The summed E-state index contributed by atoms with van der Waals surface area (Å²) in [5.41, 5.74) is -0.0248. The quantitative estimate of drug-likeness (QED) is 0.611. The summed E-state index contributed by atoms with van der Waals surface area (Å²) in [6, 6.07) is 2.45. The zero-order chi connectivity index (χ0) is 12.8. The number of benzene rings is 1. The maximum atomic E-state index is 13.5. The SMILES string of the molecule is O=[N+]([O-])c1cc2c(cc1F)OC1(CCNCC1)C2. The van der Waals surface area contributed by atoms with Crippen molar-refractivity contribution in [3.63, 3.8) is 0 Å². The van der Waals surface area contributed by atoms with Crippen molar-refractivity contribution in [3.8, 4) is 5.75 Å². The average molecular weight is 252 g/mol. The molecule has 96 valence electrons. The Kier molecular flexibility index (Phi) is 2.48. The largest absolute Gasteiger partial charge is 0.486 e. The Morgan fingerprint density at radius 1 is 1.39 bits per heavy atom. The summed E-state index contributed by atoms with van der Waals surface area (Å²) in [4.78, 5) is 10.0. The van der Waals surface area contributed by atoms with Gasteiger partial charge >= 0.3 is 5.69 Å². The lowest BCUT2D eigenvalue weighted by Crippen LogP contribution is -2.45. The Morgan fingerprint density at radius 3 is 2.78 bits per heavy atom. The molecule has 1 saturated heterocycles. The second-order valence-corrected chi connectivity index (χ2v) is 4.88. The molecule has 0 aromatic heterocycles. The summed E-state index contributed by atoms with van der Waals surface area (Å²) in [6.07, 6.45) is 2.32. The molecule has 0 unspecified atom stereocenters. The highest BCUT2D eigenvalue weighted by molar-refractivity contribution is 5.48. The number of piperidine rings is 1. The van der Waals surface area contributed by atoms with Gasteiger partial charge in [-0.15, -0.1) is 0 Å². The van der Waals surface area contributed by atoms with Crippen molar-refractivity contribution in [3.05, 3.63) is 33.6 Å². The van der Waals surface area contributed by atoms with E-state index in [4.69, 9.17) is 4.74 Å². The topological polar surface area (TPSA) is 64.4 Å². The average Bonchev–Trinajstić information content (AvgIpc) is 2.65.